The molecule has 8 nitrogen and oxygen atoms in total. The molecule has 11 heteroatoms. The Morgan fingerprint density at radius 3 is 2.41 bits per heavy atom. The summed E-state index contributed by atoms with van der Waals surface area (Å²) in [4.78, 5) is 36.1. The first-order chi connectivity index (χ1) is 15.6. The van der Waals surface area contributed by atoms with Crippen LogP contribution in [0.2, 0.25) is 0 Å². The number of allylic oxidation sites excluding steroid dienone is 4. The van der Waals surface area contributed by atoms with Crippen LogP contribution in [0.25, 0.3) is 0 Å². The molecule has 0 aromatic heterocycles. The lowest BCUT2D eigenvalue weighted by Gasteiger charge is -2.63. The first-order valence-electron chi connectivity index (χ1n) is 11.1. The van der Waals surface area contributed by atoms with Crippen LogP contribution in [0.15, 0.2) is 22.8 Å². The highest BCUT2D eigenvalue weighted by Crippen LogP contribution is 2.70. The van der Waals surface area contributed by atoms with E-state index in [1.165, 1.54) is 13.8 Å². The number of halogens is 3. The van der Waals surface area contributed by atoms with Gasteiger partial charge in [0.25, 0.3) is 0 Å². The minimum absolute atomic E-state index is 0.162. The van der Waals surface area contributed by atoms with E-state index >= 15 is 8.78 Å². The number of carbonyl (C=O) groups is 3. The van der Waals surface area contributed by atoms with E-state index in [9.17, 15) is 34.8 Å². The van der Waals surface area contributed by atoms with Crippen LogP contribution in [0.5, 0.6) is 0 Å². The number of aliphatic hydroxyl groups excluding tert-OH is 3. The van der Waals surface area contributed by atoms with Crippen molar-refractivity contribution in [1.82, 2.24) is 0 Å². The number of hydrogen-bond acceptors (Lipinski definition) is 7. The molecule has 4 rings (SSSR count). The largest absolute Gasteiger partial charge is 0.481 e. The molecule has 5 N–H and O–H groups in total. The highest BCUT2D eigenvalue weighted by molar-refractivity contribution is 6.44. The number of carbonyl (C=O) groups excluding carboxylic acids is 2. The van der Waals surface area contributed by atoms with E-state index in [0.29, 0.717) is 0 Å². The summed E-state index contributed by atoms with van der Waals surface area (Å²) in [6.07, 6.45) is -8.02. The van der Waals surface area contributed by atoms with Gasteiger partial charge in [-0.15, -0.1) is 0 Å². The van der Waals surface area contributed by atoms with Crippen molar-refractivity contribution in [2.24, 2.45) is 22.7 Å². The summed E-state index contributed by atoms with van der Waals surface area (Å²) < 4.78 is 32.5. The number of carboxylic acids is 1. The predicted molar refractivity (Wildman–Crippen MR) is 113 cm³/mol. The van der Waals surface area contributed by atoms with Crippen molar-refractivity contribution >= 4 is 29.1 Å². The van der Waals surface area contributed by atoms with Crippen molar-refractivity contribution in [2.45, 2.75) is 75.3 Å². The second-order valence-corrected chi connectivity index (χ2v) is 10.9. The maximum Gasteiger partial charge on any atom is 0.306 e. The van der Waals surface area contributed by atoms with Crippen molar-refractivity contribution in [1.29, 1.82) is 0 Å². The van der Waals surface area contributed by atoms with Crippen LogP contribution in [0.3, 0.4) is 0 Å². The van der Waals surface area contributed by atoms with Crippen LogP contribution in [0, 0.1) is 22.7 Å². The Balaban J connectivity index is 1.82. The van der Waals surface area contributed by atoms with E-state index in [4.69, 9.17) is 16.7 Å². The third-order valence-corrected chi connectivity index (χ3v) is 9.25. The zero-order valence-corrected chi connectivity index (χ0v) is 19.3. The van der Waals surface area contributed by atoms with Gasteiger partial charge in [0.15, 0.2) is 22.8 Å². The smallest absolute Gasteiger partial charge is 0.306 e. The van der Waals surface area contributed by atoms with Gasteiger partial charge < -0.3 is 25.5 Å². The molecule has 10 atom stereocenters. The van der Waals surface area contributed by atoms with Crippen LogP contribution in [-0.2, 0) is 14.4 Å². The zero-order chi connectivity index (χ0) is 25.6. The second kappa shape index (κ2) is 7.64. The average Bonchev–Trinajstić information content (AvgIpc) is 2.93. The average molecular weight is 505 g/mol. The summed E-state index contributed by atoms with van der Waals surface area (Å²) in [5.74, 6) is -5.88. The minimum atomic E-state index is -2.70. The van der Waals surface area contributed by atoms with Crippen molar-refractivity contribution in [2.75, 3.05) is 0 Å². The summed E-state index contributed by atoms with van der Waals surface area (Å²) in [6.45, 7) is 2.67. The minimum Gasteiger partial charge on any atom is -0.481 e. The molecule has 3 saturated carbocycles. The van der Waals surface area contributed by atoms with Crippen LogP contribution >= 0.6 is 11.6 Å². The normalized spacial score (nSPS) is 48.7. The summed E-state index contributed by atoms with van der Waals surface area (Å²) in [7, 11) is 0. The Hall–Kier alpha value is -1.72. The number of fused-ring (bicyclic) bond motifs is 5. The fourth-order valence-electron chi connectivity index (χ4n) is 7.23. The standard InChI is InChI=1S/C23H27ClF2O8/c1-20-7-12(24)14(27)4-11(20)13(25)3-10-9-5-16(29)23(34,19(33)15(28)6-18(31)32)21(9,2)8-17(30)22(10,20)26/h4,7,9-10,13,15-17,28-30,34H,3,5-6,8H2,1-2H3,(H,31,32)/t9-,10-,13?,15?,16?,17?,20-,21-,22-,23-/m0/s1. The van der Waals surface area contributed by atoms with Gasteiger partial charge in [-0.25, -0.2) is 8.78 Å². The quantitative estimate of drug-likeness (QED) is 0.380. The molecule has 4 aliphatic carbocycles. The Bertz CT molecular complexity index is 1030. The lowest BCUT2D eigenvalue weighted by atomic mass is 9.44. The molecule has 4 aliphatic rings. The zero-order valence-electron chi connectivity index (χ0n) is 18.5. The van der Waals surface area contributed by atoms with Gasteiger partial charge in [-0.1, -0.05) is 18.5 Å². The van der Waals surface area contributed by atoms with Gasteiger partial charge in [-0.3, -0.25) is 14.4 Å². The molecule has 0 heterocycles. The number of alkyl halides is 2. The highest BCUT2D eigenvalue weighted by atomic mass is 35.5. The Labute approximate surface area is 198 Å². The van der Waals surface area contributed by atoms with E-state index in [2.05, 4.69) is 0 Å². The molecule has 3 fully saturated rings. The van der Waals surface area contributed by atoms with Gasteiger partial charge in [0.05, 0.1) is 23.7 Å². The van der Waals surface area contributed by atoms with E-state index in [0.717, 1.165) is 12.2 Å². The maximum absolute atomic E-state index is 17.1. The third-order valence-electron chi connectivity index (χ3n) is 8.95. The van der Waals surface area contributed by atoms with Crippen LogP contribution in [0.1, 0.15) is 39.5 Å². The fourth-order valence-corrected chi connectivity index (χ4v) is 7.50. The number of carboxylic acid groups (broad SMARTS) is 1. The number of aliphatic carboxylic acids is 1. The lowest BCUT2D eigenvalue weighted by molar-refractivity contribution is -0.227. The summed E-state index contributed by atoms with van der Waals surface area (Å²) in [5, 5.41) is 52.1. The topological polar surface area (TPSA) is 152 Å². The first kappa shape index (κ1) is 25.4. The van der Waals surface area contributed by atoms with Gasteiger partial charge in [0, 0.05) is 16.7 Å². The van der Waals surface area contributed by atoms with E-state index in [-0.39, 0.29) is 17.0 Å². The van der Waals surface area contributed by atoms with Crippen molar-refractivity contribution in [3.63, 3.8) is 0 Å². The molecule has 0 aromatic rings. The summed E-state index contributed by atoms with van der Waals surface area (Å²) in [5.41, 5.74) is -8.93. The summed E-state index contributed by atoms with van der Waals surface area (Å²) in [6, 6.07) is 0. The molecule has 0 bridgehead atoms. The predicted octanol–water partition coefficient (Wildman–Crippen LogP) is 0.978. The molecular formula is C23H27ClF2O8. The molecule has 34 heavy (non-hydrogen) atoms. The first-order valence-corrected chi connectivity index (χ1v) is 11.4. The molecule has 0 radical (unpaired) electrons. The Kier molecular flexibility index (Phi) is 5.70. The number of Topliss-reactive ketones (excluding diaryl/α,β-unsaturated/α-hetero) is 1. The second-order valence-electron chi connectivity index (χ2n) is 10.5. The van der Waals surface area contributed by atoms with Crippen LogP contribution in [-0.4, -0.2) is 78.8 Å². The van der Waals surface area contributed by atoms with Crippen molar-refractivity contribution in [3.8, 4) is 0 Å². The molecule has 4 unspecified atom stereocenters. The van der Waals surface area contributed by atoms with E-state index in [1.807, 2.05) is 0 Å². The lowest BCUT2D eigenvalue weighted by Crippen LogP contribution is -2.71. The monoisotopic (exact) mass is 504 g/mol. The number of ketones is 2. The summed E-state index contributed by atoms with van der Waals surface area (Å²) >= 11 is 5.99. The Morgan fingerprint density at radius 1 is 1.21 bits per heavy atom. The molecule has 0 spiro atoms. The number of aliphatic hydroxyl groups is 4. The number of rotatable bonds is 4. The SMILES string of the molecule is C[C@]12C=C(Cl)C(=O)C=C1C(F)C[C@H]1[C@@H]3CC(O)[C@](O)(C(=O)C(O)CC(=O)O)[C@@]3(C)CC(O)[C@@]12F. The van der Waals surface area contributed by atoms with Gasteiger partial charge in [-0.05, 0) is 49.8 Å². The molecule has 188 valence electrons. The highest BCUT2D eigenvalue weighted by Gasteiger charge is 2.77. The van der Waals surface area contributed by atoms with Crippen LogP contribution in [0.4, 0.5) is 8.78 Å². The van der Waals surface area contributed by atoms with Crippen molar-refractivity contribution in [3.05, 3.63) is 22.8 Å². The molecular weight excluding hydrogens is 478 g/mol. The molecule has 0 aliphatic heterocycles. The molecule has 0 saturated heterocycles. The van der Waals surface area contributed by atoms with E-state index in [1.54, 1.807) is 0 Å². The van der Waals surface area contributed by atoms with Crippen LogP contribution < -0.4 is 0 Å². The van der Waals surface area contributed by atoms with Gasteiger partial charge in [0.2, 0.25) is 0 Å². The number of hydrogen-bond donors (Lipinski definition) is 5. The fraction of sp³-hybridized carbons (Fsp3) is 0.696. The van der Waals surface area contributed by atoms with Gasteiger partial charge in [0.1, 0.15) is 12.3 Å². The van der Waals surface area contributed by atoms with Crippen molar-refractivity contribution < 1.29 is 48.7 Å². The Morgan fingerprint density at radius 2 is 1.82 bits per heavy atom. The third kappa shape index (κ3) is 2.92. The maximum atomic E-state index is 17.1. The van der Waals surface area contributed by atoms with Gasteiger partial charge in [-0.2, -0.15) is 0 Å². The molecule has 0 aromatic carbocycles. The molecule has 0 amide bonds. The van der Waals surface area contributed by atoms with Gasteiger partial charge >= 0.3 is 5.97 Å². The van der Waals surface area contributed by atoms with E-state index < -0.39 is 95.2 Å².